The number of nitrogens with one attached hydrogen (secondary N) is 3. The molecule has 1 aliphatic rings. The van der Waals surface area contributed by atoms with Crippen LogP contribution in [0.3, 0.4) is 0 Å². The van der Waals surface area contributed by atoms with Crippen molar-refractivity contribution >= 4 is 29.2 Å². The van der Waals surface area contributed by atoms with Gasteiger partial charge in [0.25, 0.3) is 0 Å². The summed E-state index contributed by atoms with van der Waals surface area (Å²) in [5.74, 6) is -0.919. The van der Waals surface area contributed by atoms with Gasteiger partial charge in [0.1, 0.15) is 6.04 Å². The van der Waals surface area contributed by atoms with Crippen LogP contribution in [0, 0.1) is 13.8 Å². The minimum atomic E-state index is -0.932. The topological polar surface area (TPSA) is 113 Å². The van der Waals surface area contributed by atoms with Crippen LogP contribution in [-0.2, 0) is 9.59 Å². The highest BCUT2D eigenvalue weighted by molar-refractivity contribution is 6.06. The number of carbonyl (C=O) groups excluding carboxylic acids is 3. The standard InChI is InChI=1S/C13H16N4O3/c1-6-3-8-9(4-7(6)2)16-12(19)10(15-8)5-11(18)17-13(14)20/h3-4,10,15H,5H2,1-2H3,(H,16,19)(H3,14,17,18,20)/t10-/m0/s1. The fourth-order valence-electron chi connectivity index (χ4n) is 2.03. The van der Waals surface area contributed by atoms with Gasteiger partial charge in [-0.1, -0.05) is 0 Å². The lowest BCUT2D eigenvalue weighted by Crippen LogP contribution is -2.44. The number of primary amides is 1. The average Bonchev–Trinajstić information content (AvgIpc) is 2.32. The summed E-state index contributed by atoms with van der Waals surface area (Å²) in [6, 6.07) is 2.11. The third-order valence-electron chi connectivity index (χ3n) is 3.19. The zero-order valence-corrected chi connectivity index (χ0v) is 11.2. The third-order valence-corrected chi connectivity index (χ3v) is 3.19. The lowest BCUT2D eigenvalue weighted by atomic mass is 10.0. The van der Waals surface area contributed by atoms with Gasteiger partial charge in [0.15, 0.2) is 0 Å². The molecule has 0 radical (unpaired) electrons. The lowest BCUT2D eigenvalue weighted by molar-refractivity contribution is -0.124. The molecule has 7 heteroatoms. The Balaban J connectivity index is 2.15. The van der Waals surface area contributed by atoms with Crippen LogP contribution in [-0.4, -0.2) is 23.9 Å². The average molecular weight is 276 g/mol. The molecule has 5 N–H and O–H groups in total. The van der Waals surface area contributed by atoms with Crippen molar-refractivity contribution in [3.63, 3.8) is 0 Å². The van der Waals surface area contributed by atoms with E-state index >= 15 is 0 Å². The highest BCUT2D eigenvalue weighted by atomic mass is 16.2. The second kappa shape index (κ2) is 5.20. The Morgan fingerprint density at radius 2 is 1.85 bits per heavy atom. The van der Waals surface area contributed by atoms with Crippen molar-refractivity contribution in [2.45, 2.75) is 26.3 Å². The molecule has 20 heavy (non-hydrogen) atoms. The molecule has 0 aromatic heterocycles. The first-order valence-electron chi connectivity index (χ1n) is 6.14. The van der Waals surface area contributed by atoms with Crippen LogP contribution in [0.1, 0.15) is 17.5 Å². The number of hydrogen-bond acceptors (Lipinski definition) is 4. The number of hydrogen-bond donors (Lipinski definition) is 4. The van der Waals surface area contributed by atoms with Crippen molar-refractivity contribution in [3.8, 4) is 0 Å². The molecule has 0 aliphatic carbocycles. The molecule has 1 aliphatic heterocycles. The van der Waals surface area contributed by atoms with Crippen molar-refractivity contribution in [3.05, 3.63) is 23.3 Å². The number of imide groups is 1. The zero-order valence-electron chi connectivity index (χ0n) is 11.2. The van der Waals surface area contributed by atoms with Crippen LogP contribution in [0.25, 0.3) is 0 Å². The molecule has 4 amide bonds. The summed E-state index contributed by atoms with van der Waals surface area (Å²) >= 11 is 0. The van der Waals surface area contributed by atoms with Gasteiger partial charge in [-0.15, -0.1) is 0 Å². The Bertz CT molecular complexity index is 598. The number of aryl methyl sites for hydroxylation is 2. The van der Waals surface area contributed by atoms with Crippen LogP contribution in [0.5, 0.6) is 0 Å². The number of benzene rings is 1. The van der Waals surface area contributed by atoms with E-state index in [0.29, 0.717) is 5.69 Å². The fourth-order valence-corrected chi connectivity index (χ4v) is 2.03. The van der Waals surface area contributed by atoms with Crippen molar-refractivity contribution in [1.29, 1.82) is 0 Å². The van der Waals surface area contributed by atoms with E-state index in [1.165, 1.54) is 0 Å². The Morgan fingerprint density at radius 1 is 1.25 bits per heavy atom. The van der Waals surface area contributed by atoms with Gasteiger partial charge < -0.3 is 16.4 Å². The Labute approximate surface area is 115 Å². The molecule has 1 aromatic rings. The van der Waals surface area contributed by atoms with Crippen LogP contribution >= 0.6 is 0 Å². The predicted molar refractivity (Wildman–Crippen MR) is 74.3 cm³/mol. The summed E-state index contributed by atoms with van der Waals surface area (Å²) in [6.45, 7) is 3.91. The van der Waals surface area contributed by atoms with E-state index in [-0.39, 0.29) is 12.3 Å². The first-order chi connectivity index (χ1) is 9.36. The maximum absolute atomic E-state index is 11.9. The molecule has 0 spiro atoms. The van der Waals surface area contributed by atoms with Gasteiger partial charge in [0, 0.05) is 0 Å². The second-order valence-corrected chi connectivity index (χ2v) is 4.78. The molecule has 1 aromatic carbocycles. The monoisotopic (exact) mass is 276 g/mol. The first kappa shape index (κ1) is 13.9. The van der Waals surface area contributed by atoms with Gasteiger partial charge in [0.05, 0.1) is 17.8 Å². The molecular weight excluding hydrogens is 260 g/mol. The predicted octanol–water partition coefficient (Wildman–Crippen LogP) is 0.621. The summed E-state index contributed by atoms with van der Waals surface area (Å²) in [4.78, 5) is 34.0. The Hall–Kier alpha value is -2.57. The molecule has 2 rings (SSSR count). The Kier molecular flexibility index (Phi) is 3.60. The number of rotatable bonds is 2. The SMILES string of the molecule is Cc1cc2c(cc1C)N[C@@H](CC(=O)NC(N)=O)C(=O)N2. The molecule has 106 valence electrons. The molecule has 0 fully saturated rings. The highest BCUT2D eigenvalue weighted by Crippen LogP contribution is 2.30. The van der Waals surface area contributed by atoms with Crippen molar-refractivity contribution in [2.24, 2.45) is 5.73 Å². The lowest BCUT2D eigenvalue weighted by Gasteiger charge is -2.27. The van der Waals surface area contributed by atoms with E-state index in [4.69, 9.17) is 5.73 Å². The number of urea groups is 1. The van der Waals surface area contributed by atoms with Gasteiger partial charge in [-0.3, -0.25) is 14.9 Å². The van der Waals surface area contributed by atoms with E-state index < -0.39 is 18.0 Å². The molecule has 0 unspecified atom stereocenters. The van der Waals surface area contributed by atoms with Gasteiger partial charge >= 0.3 is 6.03 Å². The van der Waals surface area contributed by atoms with Crippen molar-refractivity contribution in [2.75, 3.05) is 10.6 Å². The quantitative estimate of drug-likeness (QED) is 0.634. The van der Waals surface area contributed by atoms with Gasteiger partial charge in [-0.05, 0) is 37.1 Å². The van der Waals surface area contributed by atoms with Crippen LogP contribution in [0.4, 0.5) is 16.2 Å². The maximum atomic E-state index is 11.9. The van der Waals surface area contributed by atoms with Crippen LogP contribution in [0.15, 0.2) is 12.1 Å². The summed E-state index contributed by atoms with van der Waals surface area (Å²) < 4.78 is 0. The maximum Gasteiger partial charge on any atom is 0.318 e. The van der Waals surface area contributed by atoms with E-state index in [0.717, 1.165) is 16.8 Å². The van der Waals surface area contributed by atoms with E-state index in [9.17, 15) is 14.4 Å². The zero-order chi connectivity index (χ0) is 14.9. The highest BCUT2D eigenvalue weighted by Gasteiger charge is 2.28. The summed E-state index contributed by atoms with van der Waals surface area (Å²) in [6.07, 6.45) is -0.166. The molecule has 0 saturated heterocycles. The molecule has 0 saturated carbocycles. The molecule has 1 atom stereocenters. The van der Waals surface area contributed by atoms with Gasteiger partial charge in [0.2, 0.25) is 11.8 Å². The summed E-state index contributed by atoms with van der Waals surface area (Å²) in [5.41, 5.74) is 8.44. The van der Waals surface area contributed by atoms with E-state index in [1.54, 1.807) is 0 Å². The van der Waals surface area contributed by atoms with Crippen LogP contribution in [0.2, 0.25) is 0 Å². The summed E-state index contributed by atoms with van der Waals surface area (Å²) in [5, 5.41) is 7.67. The van der Waals surface area contributed by atoms with E-state index in [2.05, 4.69) is 10.6 Å². The Morgan fingerprint density at radius 3 is 2.45 bits per heavy atom. The number of carbonyl (C=O) groups is 3. The van der Waals surface area contributed by atoms with E-state index in [1.807, 2.05) is 31.3 Å². The molecule has 0 bridgehead atoms. The first-order valence-corrected chi connectivity index (χ1v) is 6.14. The number of anilines is 2. The van der Waals surface area contributed by atoms with Crippen LogP contribution < -0.4 is 21.7 Å². The van der Waals surface area contributed by atoms with Crippen molar-refractivity contribution < 1.29 is 14.4 Å². The number of amides is 4. The van der Waals surface area contributed by atoms with Gasteiger partial charge in [-0.2, -0.15) is 0 Å². The second-order valence-electron chi connectivity index (χ2n) is 4.78. The number of nitrogens with two attached hydrogens (primary N) is 1. The smallest absolute Gasteiger partial charge is 0.318 e. The third kappa shape index (κ3) is 2.87. The minimum Gasteiger partial charge on any atom is -0.372 e. The van der Waals surface area contributed by atoms with Crippen molar-refractivity contribution in [1.82, 2.24) is 5.32 Å². The molecule has 1 heterocycles. The molecule has 7 nitrogen and oxygen atoms in total. The normalized spacial score (nSPS) is 16.7. The number of fused-ring (bicyclic) bond motifs is 1. The van der Waals surface area contributed by atoms with Gasteiger partial charge in [-0.25, -0.2) is 4.79 Å². The minimum absolute atomic E-state index is 0.166. The molecular formula is C13H16N4O3. The summed E-state index contributed by atoms with van der Waals surface area (Å²) in [7, 11) is 0. The fraction of sp³-hybridized carbons (Fsp3) is 0.308. The largest absolute Gasteiger partial charge is 0.372 e.